The van der Waals surface area contributed by atoms with E-state index < -0.39 is 10.0 Å². The summed E-state index contributed by atoms with van der Waals surface area (Å²) in [5.41, 5.74) is 6.95. The minimum absolute atomic E-state index is 0.0274. The van der Waals surface area contributed by atoms with Crippen LogP contribution in [-0.4, -0.2) is 22.6 Å². The van der Waals surface area contributed by atoms with Gasteiger partial charge >= 0.3 is 0 Å². The zero-order valence-corrected chi connectivity index (χ0v) is 18.8. The Bertz CT molecular complexity index is 1290. The summed E-state index contributed by atoms with van der Waals surface area (Å²) in [5.74, 6) is 1.30. The Labute approximate surface area is 191 Å². The highest BCUT2D eigenvalue weighted by molar-refractivity contribution is 7.89. The van der Waals surface area contributed by atoms with E-state index in [2.05, 4.69) is 4.72 Å². The topological polar surface area (TPSA) is 124 Å². The van der Waals surface area contributed by atoms with Crippen LogP contribution in [0.2, 0.25) is 5.02 Å². The molecule has 3 N–H and O–H groups in total. The number of benzene rings is 3. The van der Waals surface area contributed by atoms with Gasteiger partial charge in [0, 0.05) is 28.9 Å². The van der Waals surface area contributed by atoms with Gasteiger partial charge in [-0.25, -0.2) is 13.1 Å². The van der Waals surface area contributed by atoms with Gasteiger partial charge in [0.2, 0.25) is 10.0 Å². The molecule has 0 aromatic heterocycles. The van der Waals surface area contributed by atoms with Gasteiger partial charge in [-0.2, -0.15) is 5.26 Å². The molecule has 3 aromatic rings. The lowest BCUT2D eigenvalue weighted by atomic mass is 10.2. The summed E-state index contributed by atoms with van der Waals surface area (Å²) in [7, 11) is -1.03. The first kappa shape index (κ1) is 23.2. The summed E-state index contributed by atoms with van der Waals surface area (Å²) in [5, 5.41) is 9.40. The van der Waals surface area contributed by atoms with Crippen LogP contribution in [-0.2, 0) is 16.6 Å². The van der Waals surface area contributed by atoms with Gasteiger partial charge in [-0.1, -0.05) is 17.7 Å². The van der Waals surface area contributed by atoms with Gasteiger partial charge in [0.1, 0.15) is 27.9 Å². The number of anilines is 1. The zero-order valence-electron chi connectivity index (χ0n) is 17.3. The Morgan fingerprint density at radius 1 is 1.00 bits per heavy atom. The zero-order chi connectivity index (χ0) is 23.3. The highest BCUT2D eigenvalue weighted by Crippen LogP contribution is 2.33. The Hall–Kier alpha value is -3.45. The lowest BCUT2D eigenvalue weighted by Crippen LogP contribution is -2.24. The smallest absolute Gasteiger partial charge is 0.244 e. The quantitative estimate of drug-likeness (QED) is 0.472. The first-order valence-electron chi connectivity index (χ1n) is 9.24. The average Bonchev–Trinajstić information content (AvgIpc) is 2.78. The summed E-state index contributed by atoms with van der Waals surface area (Å²) in [4.78, 5) is -0.163. The normalized spacial score (nSPS) is 10.9. The fourth-order valence-electron chi connectivity index (χ4n) is 2.88. The van der Waals surface area contributed by atoms with Crippen LogP contribution in [0.25, 0.3) is 0 Å². The molecule has 0 saturated carbocycles. The predicted octanol–water partition coefficient (Wildman–Crippen LogP) is 4.08. The van der Waals surface area contributed by atoms with Crippen molar-refractivity contribution in [2.24, 2.45) is 0 Å². The van der Waals surface area contributed by atoms with E-state index in [1.165, 1.54) is 50.6 Å². The monoisotopic (exact) mass is 473 g/mol. The summed E-state index contributed by atoms with van der Waals surface area (Å²) >= 11 is 6.02. The Morgan fingerprint density at radius 2 is 1.78 bits per heavy atom. The molecule has 32 heavy (non-hydrogen) atoms. The number of methoxy groups -OCH3 is 2. The summed E-state index contributed by atoms with van der Waals surface area (Å²) in [6.45, 7) is -0.0422. The fraction of sp³-hybridized carbons (Fsp3) is 0.136. The SMILES string of the molecule is COc1ccc(CNS(=O)(=O)c2cc(N)ccc2Oc2cc(Cl)cc(C#N)c2)c(OC)c1. The van der Waals surface area contributed by atoms with E-state index in [1.807, 2.05) is 6.07 Å². The Morgan fingerprint density at radius 3 is 2.47 bits per heavy atom. The molecular formula is C22H20ClN3O5S. The first-order chi connectivity index (χ1) is 15.2. The number of nitrogens with zero attached hydrogens (tertiary/aromatic N) is 1. The van der Waals surface area contributed by atoms with Crippen molar-refractivity contribution in [1.82, 2.24) is 4.72 Å². The maximum absolute atomic E-state index is 13.1. The largest absolute Gasteiger partial charge is 0.497 e. The van der Waals surface area contributed by atoms with E-state index in [1.54, 1.807) is 18.2 Å². The minimum Gasteiger partial charge on any atom is -0.497 e. The molecule has 0 amide bonds. The molecule has 10 heteroatoms. The number of nitrogen functional groups attached to an aromatic ring is 1. The number of hydrogen-bond acceptors (Lipinski definition) is 7. The molecule has 0 radical (unpaired) electrons. The van der Waals surface area contributed by atoms with Crippen molar-refractivity contribution in [2.45, 2.75) is 11.4 Å². The number of sulfonamides is 1. The van der Waals surface area contributed by atoms with Crippen molar-refractivity contribution in [2.75, 3.05) is 20.0 Å². The summed E-state index contributed by atoms with van der Waals surface area (Å²) < 4.78 is 44.9. The van der Waals surface area contributed by atoms with Crippen molar-refractivity contribution < 1.29 is 22.6 Å². The van der Waals surface area contributed by atoms with E-state index in [0.29, 0.717) is 17.1 Å². The van der Waals surface area contributed by atoms with Gasteiger partial charge in [-0.15, -0.1) is 0 Å². The van der Waals surface area contributed by atoms with Crippen molar-refractivity contribution in [3.63, 3.8) is 0 Å². The summed E-state index contributed by atoms with van der Waals surface area (Å²) in [6.07, 6.45) is 0. The van der Waals surface area contributed by atoms with Crippen LogP contribution in [0.1, 0.15) is 11.1 Å². The first-order valence-corrected chi connectivity index (χ1v) is 11.1. The van der Waals surface area contributed by atoms with Crippen LogP contribution in [0.3, 0.4) is 0 Å². The molecule has 0 atom stereocenters. The summed E-state index contributed by atoms with van der Waals surface area (Å²) in [6, 6.07) is 15.7. The van der Waals surface area contributed by atoms with Crippen LogP contribution in [0.4, 0.5) is 5.69 Å². The van der Waals surface area contributed by atoms with Gasteiger partial charge in [0.15, 0.2) is 0 Å². The molecule has 0 heterocycles. The maximum atomic E-state index is 13.1. The average molecular weight is 474 g/mol. The number of nitrogens with one attached hydrogen (secondary N) is 1. The molecule has 0 spiro atoms. The molecule has 0 aliphatic heterocycles. The molecule has 0 aliphatic carbocycles. The molecule has 0 fully saturated rings. The number of rotatable bonds is 8. The molecule has 0 bridgehead atoms. The second kappa shape index (κ2) is 9.78. The third-order valence-electron chi connectivity index (χ3n) is 4.43. The number of nitrogens with two attached hydrogens (primary N) is 1. The van der Waals surface area contributed by atoms with Crippen molar-refractivity contribution in [3.05, 3.63) is 70.7 Å². The molecule has 0 unspecified atom stereocenters. The number of hydrogen-bond donors (Lipinski definition) is 2. The second-order valence-corrected chi connectivity index (χ2v) is 8.77. The third kappa shape index (κ3) is 5.42. The van der Waals surface area contributed by atoms with Crippen LogP contribution in [0, 0.1) is 11.3 Å². The standard InChI is InChI=1S/C22H20ClN3O5S/c1-29-18-5-3-15(21(11-18)30-2)13-26-32(27,28)22-10-17(25)4-6-20(22)31-19-8-14(12-24)7-16(23)9-19/h3-11,26H,13,25H2,1-2H3. The number of nitriles is 1. The second-order valence-electron chi connectivity index (χ2n) is 6.60. The third-order valence-corrected chi connectivity index (χ3v) is 6.07. The molecule has 8 nitrogen and oxygen atoms in total. The van der Waals surface area contributed by atoms with E-state index >= 15 is 0 Å². The van der Waals surface area contributed by atoms with E-state index in [9.17, 15) is 8.42 Å². The Kier molecular flexibility index (Phi) is 7.10. The van der Waals surface area contributed by atoms with E-state index in [4.69, 9.17) is 36.8 Å². The molecule has 0 saturated heterocycles. The molecule has 0 aliphatic rings. The van der Waals surface area contributed by atoms with Crippen LogP contribution < -0.4 is 24.7 Å². The van der Waals surface area contributed by atoms with E-state index in [0.717, 1.165) is 0 Å². The predicted molar refractivity (Wildman–Crippen MR) is 121 cm³/mol. The van der Waals surface area contributed by atoms with Gasteiger partial charge in [-0.05, 0) is 42.5 Å². The van der Waals surface area contributed by atoms with Gasteiger partial charge in [0.25, 0.3) is 0 Å². The molecular weight excluding hydrogens is 454 g/mol. The van der Waals surface area contributed by atoms with Gasteiger partial charge in [0.05, 0.1) is 25.9 Å². The molecule has 3 aromatic carbocycles. The maximum Gasteiger partial charge on any atom is 0.244 e. The highest BCUT2D eigenvalue weighted by Gasteiger charge is 2.22. The minimum atomic E-state index is -4.04. The van der Waals surface area contributed by atoms with Crippen molar-refractivity contribution >= 4 is 27.3 Å². The Balaban J connectivity index is 1.91. The fourth-order valence-corrected chi connectivity index (χ4v) is 4.27. The lowest BCUT2D eigenvalue weighted by Gasteiger charge is -2.15. The lowest BCUT2D eigenvalue weighted by molar-refractivity contribution is 0.390. The van der Waals surface area contributed by atoms with Crippen molar-refractivity contribution in [3.8, 4) is 29.1 Å². The molecule has 3 rings (SSSR count). The van der Waals surface area contributed by atoms with Crippen molar-refractivity contribution in [1.29, 1.82) is 5.26 Å². The van der Waals surface area contributed by atoms with Crippen LogP contribution in [0.5, 0.6) is 23.0 Å². The van der Waals surface area contributed by atoms with Gasteiger partial charge < -0.3 is 19.9 Å². The highest BCUT2D eigenvalue weighted by atomic mass is 35.5. The number of ether oxygens (including phenoxy) is 3. The van der Waals surface area contributed by atoms with Gasteiger partial charge in [-0.3, -0.25) is 0 Å². The van der Waals surface area contributed by atoms with E-state index in [-0.39, 0.29) is 39.2 Å². The number of halogens is 1. The van der Waals surface area contributed by atoms with Crippen LogP contribution >= 0.6 is 11.6 Å². The van der Waals surface area contributed by atoms with Crippen LogP contribution in [0.15, 0.2) is 59.5 Å². The molecule has 166 valence electrons.